The number of anilines is 6. The molecule has 0 amide bonds. The molecule has 0 N–H and O–H groups in total. The van der Waals surface area contributed by atoms with Crippen LogP contribution in [0.5, 0.6) is 0 Å². The van der Waals surface area contributed by atoms with Gasteiger partial charge in [0.2, 0.25) is 0 Å². The molecule has 2 aliphatic rings. The smallest absolute Gasteiger partial charge is 0.252 e. The van der Waals surface area contributed by atoms with Crippen LogP contribution in [0.4, 0.5) is 34.1 Å². The Balaban J connectivity index is 1.01. The van der Waals surface area contributed by atoms with E-state index < -0.39 is 43.0 Å². The molecule has 18 aromatic rings. The van der Waals surface area contributed by atoms with Gasteiger partial charge in [0.15, 0.2) is 0 Å². The minimum Gasteiger partial charge on any atom is -0.456 e. The van der Waals surface area contributed by atoms with Crippen LogP contribution in [0.1, 0.15) is 143 Å². The highest BCUT2D eigenvalue weighted by atomic mass is 16.3. The number of para-hydroxylation sites is 4. The molecule has 0 saturated heterocycles. The van der Waals surface area contributed by atoms with E-state index in [1.807, 2.05) is 24.3 Å². The van der Waals surface area contributed by atoms with Crippen LogP contribution in [0.25, 0.3) is 132 Å². The minimum atomic E-state index is -0.561. The first-order valence-corrected chi connectivity index (χ1v) is 38.9. The first-order valence-electron chi connectivity index (χ1n) is 42.9. The third-order valence-corrected chi connectivity index (χ3v) is 23.7. The van der Waals surface area contributed by atoms with E-state index in [1.165, 1.54) is 27.8 Å². The molecule has 7 heteroatoms. The van der Waals surface area contributed by atoms with Gasteiger partial charge < -0.3 is 27.8 Å². The molecular formula is C104H91BN4O2. The molecule has 542 valence electrons. The van der Waals surface area contributed by atoms with Gasteiger partial charge in [0.1, 0.15) is 22.3 Å². The highest BCUT2D eigenvalue weighted by Gasteiger charge is 2.46. The predicted molar refractivity (Wildman–Crippen MR) is 474 cm³/mol. The van der Waals surface area contributed by atoms with E-state index in [4.69, 9.17) is 11.6 Å². The van der Waals surface area contributed by atoms with E-state index >= 15 is 0 Å². The lowest BCUT2D eigenvalue weighted by atomic mass is 9.33. The Labute approximate surface area is 662 Å². The minimum absolute atomic E-state index is 0.00465. The van der Waals surface area contributed by atoms with Crippen molar-refractivity contribution in [3.63, 3.8) is 0 Å². The normalized spacial score (nSPS) is 14.5. The Kier molecular flexibility index (Phi) is 13.1. The summed E-state index contributed by atoms with van der Waals surface area (Å²) in [5.74, 6) is 0. The molecule has 0 atom stereocenters. The zero-order valence-electron chi connectivity index (χ0n) is 73.6. The van der Waals surface area contributed by atoms with Crippen LogP contribution >= 0.6 is 0 Å². The number of hydrogen-bond acceptors (Lipinski definition) is 4. The molecular weight excluding hydrogens is 1350 g/mol. The van der Waals surface area contributed by atoms with Gasteiger partial charge in [0.05, 0.1) is 60.9 Å². The maximum Gasteiger partial charge on any atom is 0.252 e. The standard InChI is InChI=1S/C104H91BN4O2/c1-100(2,3)68-40-37-63(38-41-68)67-53-90(98-78-32-22-26-36-94(78)111-96(98)55-67)109-88-59-73(106-83-33-23-19-29-75(83)76-30-20-24-34-84(76)106)44-46-82(88)105-81-45-39-64(65-49-71(103(10,11)12)56-72(50-65)104(13,14)15)51-87(81)108(89-52-66(62-27-17-16-18-28-62)54-95-97(89)77-31-21-25-35-93(77)110-95)91-60-74(61-92(109)99(91)105)107-85-47-42-69(101(4,5)6)57-79(85)80-58-70(102(7,8)9)43-48-86(80)107/h16-61H,1-15H3/i19D,20D,23D,24D,29D,30D,33D,34D. The van der Waals surface area contributed by atoms with Crippen LogP contribution in [0.3, 0.4) is 0 Å². The summed E-state index contributed by atoms with van der Waals surface area (Å²) in [7, 11) is 0. The van der Waals surface area contributed by atoms with Crippen LogP contribution in [-0.4, -0.2) is 15.8 Å². The maximum atomic E-state index is 9.96. The van der Waals surface area contributed by atoms with Gasteiger partial charge in [-0.3, -0.25) is 0 Å². The summed E-state index contributed by atoms with van der Waals surface area (Å²) in [6.07, 6.45) is 0. The monoisotopic (exact) mass is 1450 g/mol. The van der Waals surface area contributed by atoms with Crippen molar-refractivity contribution in [3.8, 4) is 44.8 Å². The van der Waals surface area contributed by atoms with Crippen molar-refractivity contribution in [2.45, 2.75) is 131 Å². The van der Waals surface area contributed by atoms with Crippen LogP contribution in [0, 0.1) is 0 Å². The second-order valence-corrected chi connectivity index (χ2v) is 36.0. The predicted octanol–water partition coefficient (Wildman–Crippen LogP) is 27.3. The van der Waals surface area contributed by atoms with Gasteiger partial charge in [-0.25, -0.2) is 0 Å². The first-order chi connectivity index (χ1) is 56.5. The summed E-state index contributed by atoms with van der Waals surface area (Å²) in [6, 6.07) is 80.7. The lowest BCUT2D eigenvalue weighted by molar-refractivity contribution is 0.569. The van der Waals surface area contributed by atoms with Crippen molar-refractivity contribution in [3.05, 3.63) is 307 Å². The number of benzene rings is 14. The van der Waals surface area contributed by atoms with Gasteiger partial charge in [-0.05, 0) is 208 Å². The number of nitrogens with zero attached hydrogens (tertiary/aromatic N) is 4. The van der Waals surface area contributed by atoms with Crippen LogP contribution in [-0.2, 0) is 27.1 Å². The van der Waals surface area contributed by atoms with E-state index in [-0.39, 0.29) is 61.0 Å². The van der Waals surface area contributed by atoms with Gasteiger partial charge in [-0.2, -0.15) is 0 Å². The topological polar surface area (TPSA) is 42.6 Å². The average molecular weight is 1450 g/mol. The molecule has 0 spiro atoms. The van der Waals surface area contributed by atoms with Gasteiger partial charge >= 0.3 is 0 Å². The summed E-state index contributed by atoms with van der Waals surface area (Å²) >= 11 is 0. The molecule has 0 aliphatic carbocycles. The number of rotatable bonds is 7. The van der Waals surface area contributed by atoms with Crippen molar-refractivity contribution >= 4 is 145 Å². The van der Waals surface area contributed by atoms with E-state index in [1.54, 1.807) is 4.57 Å². The number of fused-ring (bicyclic) bond motifs is 16. The molecule has 14 aromatic carbocycles. The van der Waals surface area contributed by atoms with Gasteiger partial charge in [-0.1, -0.05) is 280 Å². The lowest BCUT2D eigenvalue weighted by Gasteiger charge is -2.45. The molecule has 6 heterocycles. The van der Waals surface area contributed by atoms with Crippen LogP contribution in [0.15, 0.2) is 288 Å². The van der Waals surface area contributed by atoms with E-state index in [0.717, 1.165) is 138 Å². The largest absolute Gasteiger partial charge is 0.456 e. The highest BCUT2D eigenvalue weighted by molar-refractivity contribution is 7.00. The Morgan fingerprint density at radius 1 is 0.270 bits per heavy atom. The van der Waals surface area contributed by atoms with Gasteiger partial charge in [0.25, 0.3) is 6.71 Å². The zero-order valence-corrected chi connectivity index (χ0v) is 65.6. The highest BCUT2D eigenvalue weighted by Crippen LogP contribution is 2.54. The molecule has 0 unspecified atom stereocenters. The van der Waals surface area contributed by atoms with Crippen molar-refractivity contribution in [1.29, 1.82) is 0 Å². The first kappa shape index (κ1) is 59.8. The van der Waals surface area contributed by atoms with Crippen molar-refractivity contribution in [2.24, 2.45) is 0 Å². The van der Waals surface area contributed by atoms with Crippen molar-refractivity contribution < 1.29 is 19.8 Å². The molecule has 0 bridgehead atoms. The van der Waals surface area contributed by atoms with Crippen molar-refractivity contribution in [2.75, 3.05) is 9.80 Å². The SMILES string of the molecule is [2H]c1c([2H])c([2H])c2c(c1[2H])c1c([2H])c([2H])c([2H])c([2H])c1n2-c1ccc2c(c1)N(c1cc(-c3ccc(C(C)(C)C)cc3)cc3oc4ccccc4c13)c1cc(-n3c4ccc(C(C)(C)C)cc4c4cc(C(C)(C)C)ccc43)cc3c1B2c1ccc(-c2cc(C(C)(C)C)cc(C(C)(C)C)c2)cc1N3c1cc(-c2ccccc2)cc2oc3ccccc3c12. The average Bonchev–Trinajstić information content (AvgIpc) is 1.61. The maximum absolute atomic E-state index is 9.96. The molecule has 0 saturated carbocycles. The second-order valence-electron chi connectivity index (χ2n) is 36.0. The molecule has 0 fully saturated rings. The molecule has 111 heavy (non-hydrogen) atoms. The lowest BCUT2D eigenvalue weighted by Crippen LogP contribution is -2.61. The fraction of sp³-hybridized carbons (Fsp3) is 0.192. The van der Waals surface area contributed by atoms with Gasteiger partial charge in [-0.15, -0.1) is 0 Å². The summed E-state index contributed by atoms with van der Waals surface area (Å²) in [5, 5.41) is 5.86. The van der Waals surface area contributed by atoms with E-state index in [0.29, 0.717) is 22.5 Å². The van der Waals surface area contributed by atoms with E-state index in [2.05, 4.69) is 324 Å². The fourth-order valence-corrected chi connectivity index (χ4v) is 17.6. The summed E-state index contributed by atoms with van der Waals surface area (Å²) in [6.45, 7) is 33.5. The zero-order chi connectivity index (χ0) is 83.2. The molecule has 20 rings (SSSR count). The quantitative estimate of drug-likeness (QED) is 0.149. The third-order valence-electron chi connectivity index (χ3n) is 23.7. The molecule has 4 aromatic heterocycles. The summed E-state index contributed by atoms with van der Waals surface area (Å²) < 4.78 is 94.9. The fourth-order valence-electron chi connectivity index (χ4n) is 17.6. The Hall–Kier alpha value is -12.1. The Bertz CT molecular complexity index is 7260. The summed E-state index contributed by atoms with van der Waals surface area (Å²) in [5.41, 5.74) is 25.3. The summed E-state index contributed by atoms with van der Waals surface area (Å²) in [4.78, 5) is 4.95. The van der Waals surface area contributed by atoms with Gasteiger partial charge in [0, 0.05) is 60.8 Å². The molecule has 2 aliphatic heterocycles. The van der Waals surface area contributed by atoms with Crippen LogP contribution in [0.2, 0.25) is 0 Å². The number of hydrogen-bond donors (Lipinski definition) is 0. The second kappa shape index (κ2) is 24.2. The molecule has 6 nitrogen and oxygen atoms in total. The third kappa shape index (κ3) is 10.9. The Morgan fingerprint density at radius 2 is 0.676 bits per heavy atom. The van der Waals surface area contributed by atoms with E-state index in [9.17, 15) is 8.22 Å². The van der Waals surface area contributed by atoms with Crippen molar-refractivity contribution in [1.82, 2.24) is 9.13 Å². The Morgan fingerprint density at radius 3 is 1.18 bits per heavy atom. The van der Waals surface area contributed by atoms with Crippen LogP contribution < -0.4 is 26.2 Å². The number of furan rings is 2. The number of aromatic nitrogens is 2. The molecule has 0 radical (unpaired) electrons.